The third-order valence-corrected chi connectivity index (χ3v) is 2.44. The molecule has 1 rings (SSSR count). The zero-order chi connectivity index (χ0) is 13.9. The first-order valence-corrected chi connectivity index (χ1v) is 6.28. The van der Waals surface area contributed by atoms with Crippen LogP contribution in [-0.4, -0.2) is 17.7 Å². The maximum Gasteiger partial charge on any atom is 0.415 e. The Morgan fingerprint density at radius 1 is 1.44 bits per heavy atom. The van der Waals surface area contributed by atoms with Crippen LogP contribution in [0.1, 0.15) is 34.6 Å². The van der Waals surface area contributed by atoms with Gasteiger partial charge in [-0.1, -0.05) is 23.7 Å². The number of hydrogen-bond donors (Lipinski definition) is 0. The van der Waals surface area contributed by atoms with Crippen LogP contribution in [0.15, 0.2) is 18.2 Å². The van der Waals surface area contributed by atoms with Crippen molar-refractivity contribution in [2.24, 2.45) is 0 Å². The molecule has 0 bridgehead atoms. The van der Waals surface area contributed by atoms with Gasteiger partial charge >= 0.3 is 6.09 Å². The first kappa shape index (κ1) is 14.8. The summed E-state index contributed by atoms with van der Waals surface area (Å²) in [7, 11) is 0. The van der Waals surface area contributed by atoms with Crippen molar-refractivity contribution >= 4 is 23.4 Å². The number of halogens is 1. The van der Waals surface area contributed by atoms with Crippen molar-refractivity contribution in [1.29, 1.82) is 0 Å². The Bertz CT molecular complexity index is 424. The van der Waals surface area contributed by atoms with E-state index in [1.807, 2.05) is 34.6 Å². The van der Waals surface area contributed by atoms with Gasteiger partial charge in [-0.05, 0) is 40.7 Å². The number of anilines is 1. The van der Waals surface area contributed by atoms with Gasteiger partial charge in [-0.2, -0.15) is 0 Å². The predicted molar refractivity (Wildman–Crippen MR) is 74.1 cm³/mol. The Hall–Kier alpha value is -1.22. The van der Waals surface area contributed by atoms with E-state index in [1.54, 1.807) is 18.2 Å². The van der Waals surface area contributed by atoms with Gasteiger partial charge in [-0.25, -0.2) is 4.79 Å². The standard InChI is InChI=1S/C14H19ClNO2/c1-10(2)16(13(17)18-14(3,4)5)12-9-7-6-8-11(12)15/h6-8,10H,1-5H3. The Morgan fingerprint density at radius 2 is 2.06 bits per heavy atom. The Kier molecular flexibility index (Phi) is 4.63. The highest BCUT2D eigenvalue weighted by Crippen LogP contribution is 2.27. The van der Waals surface area contributed by atoms with Crippen molar-refractivity contribution in [3.8, 4) is 0 Å². The highest BCUT2D eigenvalue weighted by molar-refractivity contribution is 6.33. The van der Waals surface area contributed by atoms with Crippen LogP contribution in [0.25, 0.3) is 0 Å². The van der Waals surface area contributed by atoms with Crippen molar-refractivity contribution in [3.63, 3.8) is 0 Å². The third-order valence-electron chi connectivity index (χ3n) is 2.13. The van der Waals surface area contributed by atoms with Crippen molar-refractivity contribution in [1.82, 2.24) is 0 Å². The second kappa shape index (κ2) is 5.61. The Labute approximate surface area is 114 Å². The van der Waals surface area contributed by atoms with Gasteiger partial charge in [0.25, 0.3) is 0 Å². The van der Waals surface area contributed by atoms with E-state index in [0.717, 1.165) is 0 Å². The second-order valence-corrected chi connectivity index (χ2v) is 5.72. The maximum absolute atomic E-state index is 12.2. The molecule has 0 saturated carbocycles. The molecule has 0 unspecified atom stereocenters. The van der Waals surface area contributed by atoms with Gasteiger partial charge in [0.05, 0.1) is 10.7 Å². The van der Waals surface area contributed by atoms with E-state index in [4.69, 9.17) is 16.3 Å². The molecular weight excluding hydrogens is 250 g/mol. The van der Waals surface area contributed by atoms with Gasteiger partial charge in [-0.3, -0.25) is 4.90 Å². The van der Waals surface area contributed by atoms with Crippen LogP contribution < -0.4 is 4.90 Å². The molecule has 18 heavy (non-hydrogen) atoms. The van der Waals surface area contributed by atoms with Crippen molar-refractivity contribution < 1.29 is 9.53 Å². The Morgan fingerprint density at radius 3 is 2.50 bits per heavy atom. The van der Waals surface area contributed by atoms with E-state index in [-0.39, 0.29) is 6.04 Å². The Balaban J connectivity index is 3.05. The molecule has 0 fully saturated rings. The van der Waals surface area contributed by atoms with E-state index >= 15 is 0 Å². The van der Waals surface area contributed by atoms with Crippen molar-refractivity contribution in [3.05, 3.63) is 29.3 Å². The van der Waals surface area contributed by atoms with Gasteiger partial charge < -0.3 is 4.74 Å². The van der Waals surface area contributed by atoms with Gasteiger partial charge in [0, 0.05) is 12.1 Å². The lowest BCUT2D eigenvalue weighted by atomic mass is 10.2. The molecule has 4 heteroatoms. The number of carbonyl (C=O) groups is 1. The molecule has 0 aliphatic rings. The lowest BCUT2D eigenvalue weighted by molar-refractivity contribution is 0.0570. The summed E-state index contributed by atoms with van der Waals surface area (Å²) in [5, 5.41) is 0.483. The van der Waals surface area contributed by atoms with Gasteiger partial charge in [0.15, 0.2) is 0 Å². The van der Waals surface area contributed by atoms with E-state index < -0.39 is 11.7 Å². The van der Waals surface area contributed by atoms with Gasteiger partial charge in [0.2, 0.25) is 0 Å². The topological polar surface area (TPSA) is 29.5 Å². The number of benzene rings is 1. The summed E-state index contributed by atoms with van der Waals surface area (Å²) < 4.78 is 5.38. The van der Waals surface area contributed by atoms with Crippen LogP contribution in [0.3, 0.4) is 0 Å². The lowest BCUT2D eigenvalue weighted by Crippen LogP contribution is -2.41. The van der Waals surface area contributed by atoms with Crippen LogP contribution in [0.4, 0.5) is 10.5 Å². The average Bonchev–Trinajstić information content (AvgIpc) is 2.17. The number of nitrogens with zero attached hydrogens (tertiary/aromatic N) is 1. The molecule has 3 nitrogen and oxygen atoms in total. The van der Waals surface area contributed by atoms with E-state index in [0.29, 0.717) is 10.7 Å². The summed E-state index contributed by atoms with van der Waals surface area (Å²) in [6, 6.07) is 8.15. The molecule has 1 aromatic rings. The first-order chi connectivity index (χ1) is 8.22. The minimum absolute atomic E-state index is 0.0593. The molecule has 99 valence electrons. The minimum Gasteiger partial charge on any atom is -0.443 e. The van der Waals surface area contributed by atoms with Gasteiger partial charge in [0.1, 0.15) is 5.60 Å². The summed E-state index contributed by atoms with van der Waals surface area (Å²) in [5.41, 5.74) is 0.00860. The van der Waals surface area contributed by atoms with Gasteiger partial charge in [-0.15, -0.1) is 0 Å². The highest BCUT2D eigenvalue weighted by atomic mass is 35.5. The molecular formula is C14H19ClNO2. The molecule has 0 heterocycles. The number of amides is 1. The normalized spacial score (nSPS) is 11.5. The summed E-state index contributed by atoms with van der Waals surface area (Å²) in [6.07, 6.45) is -0.415. The first-order valence-electron chi connectivity index (χ1n) is 5.91. The SMILES string of the molecule is CC(C)N(C(=O)OC(C)(C)C)c1[c]cccc1Cl. The molecule has 1 aromatic carbocycles. The second-order valence-electron chi connectivity index (χ2n) is 5.31. The number of rotatable bonds is 2. The number of para-hydroxylation sites is 1. The molecule has 0 aliphatic heterocycles. The largest absolute Gasteiger partial charge is 0.443 e. The van der Waals surface area contributed by atoms with Crippen LogP contribution in [0.5, 0.6) is 0 Å². The maximum atomic E-state index is 12.2. The molecule has 1 amide bonds. The quantitative estimate of drug-likeness (QED) is 0.801. The molecule has 0 aliphatic carbocycles. The van der Waals surface area contributed by atoms with Crippen LogP contribution in [-0.2, 0) is 4.74 Å². The van der Waals surface area contributed by atoms with Crippen LogP contribution >= 0.6 is 11.6 Å². The number of hydrogen-bond acceptors (Lipinski definition) is 2. The zero-order valence-corrected chi connectivity index (χ0v) is 12.2. The lowest BCUT2D eigenvalue weighted by Gasteiger charge is -2.30. The summed E-state index contributed by atoms with van der Waals surface area (Å²) in [6.45, 7) is 9.31. The number of ether oxygens (including phenoxy) is 1. The summed E-state index contributed by atoms with van der Waals surface area (Å²) in [4.78, 5) is 13.7. The molecule has 0 N–H and O–H groups in total. The fraction of sp³-hybridized carbons (Fsp3) is 0.500. The third kappa shape index (κ3) is 3.91. The molecule has 1 radical (unpaired) electrons. The smallest absolute Gasteiger partial charge is 0.415 e. The van der Waals surface area contributed by atoms with Crippen molar-refractivity contribution in [2.75, 3.05) is 4.90 Å². The average molecular weight is 269 g/mol. The minimum atomic E-state index is -0.536. The monoisotopic (exact) mass is 268 g/mol. The fourth-order valence-corrected chi connectivity index (χ4v) is 1.68. The van der Waals surface area contributed by atoms with Crippen LogP contribution in [0, 0.1) is 6.07 Å². The van der Waals surface area contributed by atoms with E-state index in [1.165, 1.54) is 4.90 Å². The molecule has 0 atom stereocenters. The van der Waals surface area contributed by atoms with E-state index in [2.05, 4.69) is 6.07 Å². The predicted octanol–water partition coefficient (Wildman–Crippen LogP) is 4.29. The zero-order valence-electron chi connectivity index (χ0n) is 11.5. The van der Waals surface area contributed by atoms with E-state index in [9.17, 15) is 4.79 Å². The fourth-order valence-electron chi connectivity index (χ4n) is 1.46. The van der Waals surface area contributed by atoms with Crippen LogP contribution in [0.2, 0.25) is 5.02 Å². The summed E-state index contributed by atoms with van der Waals surface area (Å²) in [5.74, 6) is 0. The molecule has 0 saturated heterocycles. The highest BCUT2D eigenvalue weighted by Gasteiger charge is 2.26. The molecule has 0 spiro atoms. The number of carbonyl (C=O) groups excluding carboxylic acids is 1. The van der Waals surface area contributed by atoms with Crippen molar-refractivity contribution in [2.45, 2.75) is 46.3 Å². The summed E-state index contributed by atoms with van der Waals surface area (Å²) >= 11 is 6.10. The molecule has 0 aromatic heterocycles.